The molecule has 1 saturated heterocycles. The number of rotatable bonds is 4. The summed E-state index contributed by atoms with van der Waals surface area (Å²) >= 11 is 0. The minimum absolute atomic E-state index is 0.536. The topological polar surface area (TPSA) is 33.7 Å². The van der Waals surface area contributed by atoms with Crippen molar-refractivity contribution >= 4 is 0 Å². The molecule has 0 aliphatic carbocycles. The minimum Gasteiger partial charge on any atom is -0.486 e. The average molecular weight is 294 g/mol. The van der Waals surface area contributed by atoms with E-state index in [0.29, 0.717) is 24.5 Å². The molecule has 1 atom stereocenters. The van der Waals surface area contributed by atoms with Gasteiger partial charge in [0.2, 0.25) is 0 Å². The van der Waals surface area contributed by atoms with Crippen LogP contribution in [0.2, 0.25) is 0 Å². The van der Waals surface area contributed by atoms with Crippen LogP contribution in [0.3, 0.4) is 0 Å². The zero-order valence-corrected chi connectivity index (χ0v) is 12.5. The molecule has 1 aromatic carbocycles. The highest BCUT2D eigenvalue weighted by Crippen LogP contribution is 2.37. The molecule has 1 fully saturated rings. The molecule has 0 aromatic heterocycles. The number of fused-ring (bicyclic) bond motifs is 1. The SMILES string of the molecule is CC(F)c1cc(CCN2CCNCC2)c2c(c1)OCCO2. The highest BCUT2D eigenvalue weighted by Gasteiger charge is 2.20. The van der Waals surface area contributed by atoms with Gasteiger partial charge in [-0.3, -0.25) is 0 Å². The Morgan fingerprint density at radius 1 is 1.24 bits per heavy atom. The Morgan fingerprint density at radius 2 is 2.00 bits per heavy atom. The van der Waals surface area contributed by atoms with Crippen molar-refractivity contribution in [3.63, 3.8) is 0 Å². The van der Waals surface area contributed by atoms with Crippen LogP contribution in [0, 0.1) is 0 Å². The Kier molecular flexibility index (Phi) is 4.60. The lowest BCUT2D eigenvalue weighted by atomic mass is 10.0. The molecule has 1 unspecified atom stereocenters. The largest absolute Gasteiger partial charge is 0.486 e. The second-order valence-corrected chi connectivity index (χ2v) is 5.66. The van der Waals surface area contributed by atoms with Crippen LogP contribution in [0.5, 0.6) is 11.5 Å². The lowest BCUT2D eigenvalue weighted by molar-refractivity contribution is 0.168. The first-order chi connectivity index (χ1) is 10.2. The van der Waals surface area contributed by atoms with Gasteiger partial charge in [-0.05, 0) is 36.6 Å². The van der Waals surface area contributed by atoms with Crippen LogP contribution in [0.15, 0.2) is 12.1 Å². The normalized spacial score (nSPS) is 20.3. The smallest absolute Gasteiger partial charge is 0.164 e. The molecule has 21 heavy (non-hydrogen) atoms. The number of hydrogen-bond donors (Lipinski definition) is 1. The summed E-state index contributed by atoms with van der Waals surface area (Å²) in [5, 5.41) is 3.35. The molecule has 0 amide bonds. The van der Waals surface area contributed by atoms with Crippen molar-refractivity contribution < 1.29 is 13.9 Å². The van der Waals surface area contributed by atoms with Crippen molar-refractivity contribution in [3.8, 4) is 11.5 Å². The monoisotopic (exact) mass is 294 g/mol. The molecule has 0 radical (unpaired) electrons. The van der Waals surface area contributed by atoms with E-state index in [-0.39, 0.29) is 0 Å². The second-order valence-electron chi connectivity index (χ2n) is 5.66. The number of nitrogens with one attached hydrogen (secondary N) is 1. The van der Waals surface area contributed by atoms with E-state index in [4.69, 9.17) is 9.47 Å². The third-order valence-electron chi connectivity index (χ3n) is 4.11. The maximum Gasteiger partial charge on any atom is 0.164 e. The number of alkyl halides is 1. The molecule has 0 saturated carbocycles. The fourth-order valence-electron chi connectivity index (χ4n) is 2.88. The van der Waals surface area contributed by atoms with E-state index in [1.807, 2.05) is 6.07 Å². The molecule has 0 spiro atoms. The summed E-state index contributed by atoms with van der Waals surface area (Å²) in [6, 6.07) is 3.70. The van der Waals surface area contributed by atoms with Crippen molar-refractivity contribution in [2.75, 3.05) is 45.9 Å². The van der Waals surface area contributed by atoms with Gasteiger partial charge >= 0.3 is 0 Å². The van der Waals surface area contributed by atoms with E-state index in [1.165, 1.54) is 0 Å². The van der Waals surface area contributed by atoms with E-state index < -0.39 is 6.17 Å². The van der Waals surface area contributed by atoms with E-state index in [9.17, 15) is 4.39 Å². The van der Waals surface area contributed by atoms with Crippen molar-refractivity contribution in [1.29, 1.82) is 0 Å². The predicted octanol–water partition coefficient (Wildman–Crippen LogP) is 1.94. The van der Waals surface area contributed by atoms with Crippen molar-refractivity contribution in [3.05, 3.63) is 23.3 Å². The molecular formula is C16H23FN2O2. The standard InChI is InChI=1S/C16H23FN2O2/c1-12(17)14-10-13(2-5-19-6-3-18-4-7-19)16-15(11-14)20-8-9-21-16/h10-12,18H,2-9H2,1H3. The fourth-order valence-corrected chi connectivity index (χ4v) is 2.88. The summed E-state index contributed by atoms with van der Waals surface area (Å²) in [5.41, 5.74) is 1.74. The van der Waals surface area contributed by atoms with Gasteiger partial charge in [-0.25, -0.2) is 4.39 Å². The third-order valence-corrected chi connectivity index (χ3v) is 4.11. The first-order valence-corrected chi connectivity index (χ1v) is 7.73. The maximum atomic E-state index is 13.7. The van der Waals surface area contributed by atoms with Crippen LogP contribution >= 0.6 is 0 Å². The van der Waals surface area contributed by atoms with Crippen LogP contribution in [0.4, 0.5) is 4.39 Å². The molecule has 1 N–H and O–H groups in total. The summed E-state index contributed by atoms with van der Waals surface area (Å²) in [5.74, 6) is 1.50. The van der Waals surface area contributed by atoms with Crippen LogP contribution < -0.4 is 14.8 Å². The molecule has 3 rings (SSSR count). The lowest BCUT2D eigenvalue weighted by Crippen LogP contribution is -2.44. The van der Waals surface area contributed by atoms with Gasteiger partial charge in [-0.1, -0.05) is 0 Å². The zero-order chi connectivity index (χ0) is 14.7. The summed E-state index contributed by atoms with van der Waals surface area (Å²) in [6.07, 6.45) is -0.120. The van der Waals surface area contributed by atoms with E-state index >= 15 is 0 Å². The van der Waals surface area contributed by atoms with E-state index in [2.05, 4.69) is 10.2 Å². The fraction of sp³-hybridized carbons (Fsp3) is 0.625. The number of halogens is 1. The van der Waals surface area contributed by atoms with Gasteiger partial charge in [-0.15, -0.1) is 0 Å². The average Bonchev–Trinajstić information content (AvgIpc) is 2.53. The Labute approximate surface area is 125 Å². The number of piperazine rings is 1. The second kappa shape index (κ2) is 6.62. The summed E-state index contributed by atoms with van der Waals surface area (Å²) < 4.78 is 25.0. The number of benzene rings is 1. The molecule has 116 valence electrons. The van der Waals surface area contributed by atoms with Crippen molar-refractivity contribution in [2.24, 2.45) is 0 Å². The number of hydrogen-bond acceptors (Lipinski definition) is 4. The highest BCUT2D eigenvalue weighted by atomic mass is 19.1. The first kappa shape index (κ1) is 14.6. The highest BCUT2D eigenvalue weighted by molar-refractivity contribution is 5.51. The molecule has 2 heterocycles. The third kappa shape index (κ3) is 3.47. The zero-order valence-electron chi connectivity index (χ0n) is 12.5. The van der Waals surface area contributed by atoms with Gasteiger partial charge < -0.3 is 19.7 Å². The molecule has 2 aliphatic heterocycles. The van der Waals surface area contributed by atoms with Gasteiger partial charge in [0.1, 0.15) is 19.4 Å². The van der Waals surface area contributed by atoms with Crippen LogP contribution in [-0.2, 0) is 6.42 Å². The van der Waals surface area contributed by atoms with Gasteiger partial charge in [0, 0.05) is 32.7 Å². The number of ether oxygens (including phenoxy) is 2. The molecule has 1 aromatic rings. The van der Waals surface area contributed by atoms with Gasteiger partial charge in [0.15, 0.2) is 11.5 Å². The number of nitrogens with zero attached hydrogens (tertiary/aromatic N) is 1. The Morgan fingerprint density at radius 3 is 2.76 bits per heavy atom. The van der Waals surface area contributed by atoms with Gasteiger partial charge in [0.25, 0.3) is 0 Å². The molecule has 0 bridgehead atoms. The van der Waals surface area contributed by atoms with Crippen molar-refractivity contribution in [2.45, 2.75) is 19.5 Å². The predicted molar refractivity (Wildman–Crippen MR) is 80.0 cm³/mol. The van der Waals surface area contributed by atoms with Gasteiger partial charge in [-0.2, -0.15) is 0 Å². The maximum absolute atomic E-state index is 13.7. The quantitative estimate of drug-likeness (QED) is 0.920. The molecule has 4 nitrogen and oxygen atoms in total. The summed E-state index contributed by atoms with van der Waals surface area (Å²) in [7, 11) is 0. The lowest BCUT2D eigenvalue weighted by Gasteiger charge is -2.28. The first-order valence-electron chi connectivity index (χ1n) is 7.73. The molecule has 2 aliphatic rings. The van der Waals surface area contributed by atoms with Crippen molar-refractivity contribution in [1.82, 2.24) is 10.2 Å². The van der Waals surface area contributed by atoms with Crippen LogP contribution in [0.1, 0.15) is 24.2 Å². The minimum atomic E-state index is -0.987. The van der Waals surface area contributed by atoms with Crippen LogP contribution in [-0.4, -0.2) is 50.8 Å². The van der Waals surface area contributed by atoms with E-state index in [1.54, 1.807) is 13.0 Å². The van der Waals surface area contributed by atoms with Gasteiger partial charge in [0.05, 0.1) is 0 Å². The Bertz CT molecular complexity index is 487. The molecular weight excluding hydrogens is 271 g/mol. The summed E-state index contributed by atoms with van der Waals surface area (Å²) in [6.45, 7) is 7.86. The van der Waals surface area contributed by atoms with E-state index in [0.717, 1.165) is 50.5 Å². The Hall–Kier alpha value is -1.33. The summed E-state index contributed by atoms with van der Waals surface area (Å²) in [4.78, 5) is 2.43. The Balaban J connectivity index is 1.77. The molecule has 5 heteroatoms. The van der Waals surface area contributed by atoms with Crippen LogP contribution in [0.25, 0.3) is 0 Å².